The topological polar surface area (TPSA) is 55.3 Å². The fourth-order valence-electron chi connectivity index (χ4n) is 3.06. The molecule has 0 N–H and O–H groups in total. The largest absolute Gasteiger partial charge is 0.493 e. The minimum atomic E-state index is 0.149. The smallest absolute Gasteiger partial charge is 0.226 e. The van der Waals surface area contributed by atoms with Crippen LogP contribution < -0.4 is 4.74 Å². The second-order valence-electron chi connectivity index (χ2n) is 6.18. The van der Waals surface area contributed by atoms with Crippen LogP contribution in [0.3, 0.4) is 0 Å². The monoisotopic (exact) mass is 325 g/mol. The van der Waals surface area contributed by atoms with Gasteiger partial charge in [-0.25, -0.2) is 0 Å². The summed E-state index contributed by atoms with van der Waals surface area (Å²) in [7, 11) is 0. The zero-order chi connectivity index (χ0) is 16.8. The molecule has 0 bridgehead atoms. The number of hydrogen-bond acceptors (Lipinski definition) is 4. The van der Waals surface area contributed by atoms with Gasteiger partial charge in [-0.05, 0) is 31.9 Å². The van der Waals surface area contributed by atoms with Crippen LogP contribution in [0.15, 0.2) is 42.7 Å². The Morgan fingerprint density at radius 1 is 1.29 bits per heavy atom. The maximum absolute atomic E-state index is 12.4. The molecule has 1 amide bonds. The van der Waals surface area contributed by atoms with Crippen molar-refractivity contribution in [2.24, 2.45) is 0 Å². The van der Waals surface area contributed by atoms with Crippen LogP contribution in [-0.2, 0) is 4.79 Å². The third-order valence-corrected chi connectivity index (χ3v) is 4.29. The van der Waals surface area contributed by atoms with Crippen molar-refractivity contribution in [2.75, 3.05) is 19.7 Å². The number of carbonyl (C=O) groups is 1. The molecule has 1 aliphatic heterocycles. The maximum atomic E-state index is 12.4. The van der Waals surface area contributed by atoms with Crippen LogP contribution in [0, 0.1) is 6.92 Å². The van der Waals surface area contributed by atoms with E-state index in [-0.39, 0.29) is 11.8 Å². The van der Waals surface area contributed by atoms with Crippen LogP contribution in [0.5, 0.6) is 5.75 Å². The van der Waals surface area contributed by atoms with E-state index in [1.165, 1.54) is 0 Å². The Morgan fingerprint density at radius 3 is 2.92 bits per heavy atom. The summed E-state index contributed by atoms with van der Waals surface area (Å²) in [5, 5.41) is 0. The first-order valence-corrected chi connectivity index (χ1v) is 8.46. The van der Waals surface area contributed by atoms with Gasteiger partial charge in [-0.15, -0.1) is 0 Å². The average molecular weight is 325 g/mol. The SMILES string of the molecule is Cc1cncc([C@@H]2CCCN(C(=O)CCOc3ccccc3)C2)n1. The van der Waals surface area contributed by atoms with E-state index >= 15 is 0 Å². The van der Waals surface area contributed by atoms with E-state index in [9.17, 15) is 4.79 Å². The molecule has 3 rings (SSSR count). The molecule has 2 heterocycles. The Labute approximate surface area is 142 Å². The highest BCUT2D eigenvalue weighted by Gasteiger charge is 2.25. The molecule has 0 radical (unpaired) electrons. The fourth-order valence-corrected chi connectivity index (χ4v) is 3.06. The number of carbonyl (C=O) groups excluding carboxylic acids is 1. The number of hydrogen-bond donors (Lipinski definition) is 0. The molecule has 1 aromatic heterocycles. The van der Waals surface area contributed by atoms with Gasteiger partial charge in [0.15, 0.2) is 0 Å². The van der Waals surface area contributed by atoms with Crippen molar-refractivity contribution in [3.8, 4) is 5.75 Å². The summed E-state index contributed by atoms with van der Waals surface area (Å²) in [6, 6.07) is 9.60. The predicted molar refractivity (Wildman–Crippen MR) is 91.9 cm³/mol. The number of ether oxygens (including phenoxy) is 1. The first kappa shape index (κ1) is 16.4. The molecule has 0 saturated carbocycles. The van der Waals surface area contributed by atoms with Crippen molar-refractivity contribution >= 4 is 5.91 Å². The lowest BCUT2D eigenvalue weighted by molar-refractivity contribution is -0.132. The molecule has 1 aromatic carbocycles. The predicted octanol–water partition coefficient (Wildman–Crippen LogP) is 2.96. The van der Waals surface area contributed by atoms with E-state index in [2.05, 4.69) is 9.97 Å². The highest BCUT2D eigenvalue weighted by atomic mass is 16.5. The maximum Gasteiger partial charge on any atom is 0.226 e. The van der Waals surface area contributed by atoms with Gasteiger partial charge in [-0.1, -0.05) is 18.2 Å². The molecule has 2 aromatic rings. The van der Waals surface area contributed by atoms with Gasteiger partial charge in [0.1, 0.15) is 5.75 Å². The second kappa shape index (κ2) is 7.90. The Bertz CT molecular complexity index is 675. The van der Waals surface area contributed by atoms with Crippen LogP contribution >= 0.6 is 0 Å². The molecule has 126 valence electrons. The van der Waals surface area contributed by atoms with Crippen LogP contribution in [0.4, 0.5) is 0 Å². The van der Waals surface area contributed by atoms with Crippen molar-refractivity contribution in [3.63, 3.8) is 0 Å². The molecular weight excluding hydrogens is 302 g/mol. The van der Waals surface area contributed by atoms with Crippen LogP contribution in [0.2, 0.25) is 0 Å². The van der Waals surface area contributed by atoms with E-state index in [4.69, 9.17) is 4.74 Å². The molecule has 0 aliphatic carbocycles. The summed E-state index contributed by atoms with van der Waals surface area (Å²) in [5.74, 6) is 1.23. The molecule has 5 nitrogen and oxygen atoms in total. The summed E-state index contributed by atoms with van der Waals surface area (Å²) >= 11 is 0. The van der Waals surface area contributed by atoms with Crippen molar-refractivity contribution < 1.29 is 9.53 Å². The first-order chi connectivity index (χ1) is 11.7. The summed E-state index contributed by atoms with van der Waals surface area (Å²) in [5.41, 5.74) is 1.92. The first-order valence-electron chi connectivity index (χ1n) is 8.46. The Hall–Kier alpha value is -2.43. The molecule has 0 unspecified atom stereocenters. The molecule has 5 heteroatoms. The number of para-hydroxylation sites is 1. The summed E-state index contributed by atoms with van der Waals surface area (Å²) in [4.78, 5) is 23.2. The van der Waals surface area contributed by atoms with E-state index < -0.39 is 0 Å². The second-order valence-corrected chi connectivity index (χ2v) is 6.18. The minimum Gasteiger partial charge on any atom is -0.493 e. The van der Waals surface area contributed by atoms with E-state index in [1.807, 2.05) is 48.4 Å². The fraction of sp³-hybridized carbons (Fsp3) is 0.421. The quantitative estimate of drug-likeness (QED) is 0.848. The minimum absolute atomic E-state index is 0.149. The van der Waals surface area contributed by atoms with Gasteiger partial charge in [0.25, 0.3) is 0 Å². The normalized spacial score (nSPS) is 17.5. The van der Waals surface area contributed by atoms with Gasteiger partial charge >= 0.3 is 0 Å². The number of amides is 1. The van der Waals surface area contributed by atoms with Gasteiger partial charge in [-0.2, -0.15) is 0 Å². The lowest BCUT2D eigenvalue weighted by Crippen LogP contribution is -2.39. The molecule has 0 spiro atoms. The van der Waals surface area contributed by atoms with Crippen molar-refractivity contribution in [1.29, 1.82) is 0 Å². The molecule has 1 saturated heterocycles. The van der Waals surface area contributed by atoms with E-state index in [0.29, 0.717) is 13.0 Å². The summed E-state index contributed by atoms with van der Waals surface area (Å²) in [6.07, 6.45) is 6.05. The zero-order valence-electron chi connectivity index (χ0n) is 14.0. The lowest BCUT2D eigenvalue weighted by atomic mass is 9.94. The Balaban J connectivity index is 1.51. The van der Waals surface area contributed by atoms with Crippen LogP contribution in [0.25, 0.3) is 0 Å². The molecule has 1 atom stereocenters. The van der Waals surface area contributed by atoms with Crippen molar-refractivity contribution in [2.45, 2.75) is 32.1 Å². The summed E-state index contributed by atoms with van der Waals surface area (Å²) < 4.78 is 5.62. The van der Waals surface area contributed by atoms with Gasteiger partial charge in [0, 0.05) is 31.4 Å². The standard InChI is InChI=1S/C19H23N3O2/c1-15-12-20-13-18(21-15)16-6-5-10-22(14-16)19(23)9-11-24-17-7-3-2-4-8-17/h2-4,7-8,12-13,16H,5-6,9-11,14H2,1H3/t16-/m1/s1. The number of nitrogens with zero attached hydrogens (tertiary/aromatic N) is 3. The lowest BCUT2D eigenvalue weighted by Gasteiger charge is -2.32. The van der Waals surface area contributed by atoms with Gasteiger partial charge < -0.3 is 9.64 Å². The van der Waals surface area contributed by atoms with E-state index in [0.717, 1.165) is 43.1 Å². The van der Waals surface area contributed by atoms with Crippen molar-refractivity contribution in [1.82, 2.24) is 14.9 Å². The highest BCUT2D eigenvalue weighted by molar-refractivity contribution is 5.76. The highest BCUT2D eigenvalue weighted by Crippen LogP contribution is 2.25. The van der Waals surface area contributed by atoms with Gasteiger partial charge in [-0.3, -0.25) is 14.8 Å². The number of piperidine rings is 1. The van der Waals surface area contributed by atoms with Crippen LogP contribution in [-0.4, -0.2) is 40.5 Å². The number of rotatable bonds is 5. The Kier molecular flexibility index (Phi) is 5.41. The number of likely N-dealkylation sites (tertiary alicyclic amines) is 1. The van der Waals surface area contributed by atoms with Crippen molar-refractivity contribution in [3.05, 3.63) is 54.1 Å². The van der Waals surface area contributed by atoms with Crippen LogP contribution in [0.1, 0.15) is 36.6 Å². The third-order valence-electron chi connectivity index (χ3n) is 4.29. The molecule has 1 fully saturated rings. The average Bonchev–Trinajstić information content (AvgIpc) is 2.63. The van der Waals surface area contributed by atoms with Gasteiger partial charge in [0.05, 0.1) is 24.4 Å². The number of aromatic nitrogens is 2. The summed E-state index contributed by atoms with van der Waals surface area (Å²) in [6.45, 7) is 3.90. The van der Waals surface area contributed by atoms with E-state index in [1.54, 1.807) is 6.20 Å². The van der Waals surface area contributed by atoms with Gasteiger partial charge in [0.2, 0.25) is 5.91 Å². The number of aryl methyl sites for hydroxylation is 1. The Morgan fingerprint density at radius 2 is 2.12 bits per heavy atom. The third kappa shape index (κ3) is 4.31. The zero-order valence-corrected chi connectivity index (χ0v) is 14.0. The number of benzene rings is 1. The molecule has 24 heavy (non-hydrogen) atoms. The molecule has 1 aliphatic rings. The molecular formula is C19H23N3O2.